The van der Waals surface area contributed by atoms with Crippen molar-refractivity contribution in [1.29, 1.82) is 0 Å². The number of ketones is 1. The highest BCUT2D eigenvalue weighted by molar-refractivity contribution is 7.22. The van der Waals surface area contributed by atoms with Gasteiger partial charge in [-0.1, -0.05) is 41.7 Å². The lowest BCUT2D eigenvalue weighted by Crippen LogP contribution is -2.29. The average molecular weight is 458 g/mol. The normalized spacial score (nSPS) is 17.6. The molecular weight excluding hydrogens is 438 g/mol. The minimum Gasteiger partial charge on any atom is -0.507 e. The summed E-state index contributed by atoms with van der Waals surface area (Å²) < 4.78 is 6.40. The van der Waals surface area contributed by atoms with Crippen molar-refractivity contribution >= 4 is 44.1 Å². The molecule has 4 aromatic rings. The maximum Gasteiger partial charge on any atom is 0.301 e. The van der Waals surface area contributed by atoms with E-state index < -0.39 is 17.7 Å². The van der Waals surface area contributed by atoms with Crippen molar-refractivity contribution in [2.75, 3.05) is 11.5 Å². The summed E-state index contributed by atoms with van der Waals surface area (Å²) in [6.45, 7) is 2.44. The first-order chi connectivity index (χ1) is 16.1. The third-order valence-corrected chi connectivity index (χ3v) is 6.40. The van der Waals surface area contributed by atoms with Crippen LogP contribution in [0.15, 0.2) is 78.6 Å². The van der Waals surface area contributed by atoms with Gasteiger partial charge in [-0.05, 0) is 42.8 Å². The zero-order valence-corrected chi connectivity index (χ0v) is 18.5. The van der Waals surface area contributed by atoms with Gasteiger partial charge in [-0.25, -0.2) is 4.98 Å². The Morgan fingerprint density at radius 1 is 1.09 bits per heavy atom. The summed E-state index contributed by atoms with van der Waals surface area (Å²) in [6, 6.07) is 16.8. The molecule has 8 heteroatoms. The van der Waals surface area contributed by atoms with E-state index in [1.54, 1.807) is 48.8 Å². The van der Waals surface area contributed by atoms with E-state index in [4.69, 9.17) is 4.74 Å². The highest BCUT2D eigenvalue weighted by atomic mass is 32.1. The number of hydrogen-bond donors (Lipinski definition) is 1. The molecule has 0 saturated carbocycles. The second kappa shape index (κ2) is 8.48. The van der Waals surface area contributed by atoms with Crippen LogP contribution in [0, 0.1) is 0 Å². The molecule has 0 aliphatic carbocycles. The van der Waals surface area contributed by atoms with Crippen LogP contribution in [0.3, 0.4) is 0 Å². The van der Waals surface area contributed by atoms with Crippen molar-refractivity contribution < 1.29 is 19.4 Å². The van der Waals surface area contributed by atoms with E-state index in [1.165, 1.54) is 16.2 Å². The van der Waals surface area contributed by atoms with Crippen LogP contribution in [-0.4, -0.2) is 33.4 Å². The molecule has 0 spiro atoms. The predicted molar refractivity (Wildman–Crippen MR) is 126 cm³/mol. The van der Waals surface area contributed by atoms with Crippen molar-refractivity contribution in [2.45, 2.75) is 13.0 Å². The first-order valence-electron chi connectivity index (χ1n) is 10.4. The molecule has 2 aromatic heterocycles. The lowest BCUT2D eigenvalue weighted by Gasteiger charge is -2.22. The maximum atomic E-state index is 13.2. The van der Waals surface area contributed by atoms with Crippen LogP contribution < -0.4 is 9.64 Å². The largest absolute Gasteiger partial charge is 0.507 e. The van der Waals surface area contributed by atoms with Crippen molar-refractivity contribution in [3.63, 3.8) is 0 Å². The van der Waals surface area contributed by atoms with Gasteiger partial charge in [-0.2, -0.15) is 0 Å². The zero-order chi connectivity index (χ0) is 22.9. The summed E-state index contributed by atoms with van der Waals surface area (Å²) in [4.78, 5) is 36.4. The lowest BCUT2D eigenvalue weighted by atomic mass is 9.96. The summed E-state index contributed by atoms with van der Waals surface area (Å²) in [7, 11) is 0. The van der Waals surface area contributed by atoms with Gasteiger partial charge in [0, 0.05) is 18.0 Å². The lowest BCUT2D eigenvalue weighted by molar-refractivity contribution is -0.132. The number of aliphatic hydroxyl groups is 1. The number of thiazole rings is 1. The van der Waals surface area contributed by atoms with Gasteiger partial charge in [-0.15, -0.1) is 0 Å². The SMILES string of the molecule is CCOc1ccc2nc(N3C(=O)C(=O)/C(=C(/O)c4ccccc4)C3c3ccncc3)sc2c1. The molecule has 1 unspecified atom stereocenters. The quantitative estimate of drug-likeness (QED) is 0.265. The summed E-state index contributed by atoms with van der Waals surface area (Å²) in [5.74, 6) is -1.01. The molecule has 7 nitrogen and oxygen atoms in total. The predicted octanol–water partition coefficient (Wildman–Crippen LogP) is 4.72. The molecule has 33 heavy (non-hydrogen) atoms. The summed E-state index contributed by atoms with van der Waals surface area (Å²) in [6.07, 6.45) is 3.18. The van der Waals surface area contributed by atoms with Gasteiger partial charge >= 0.3 is 5.91 Å². The van der Waals surface area contributed by atoms with E-state index in [9.17, 15) is 14.7 Å². The topological polar surface area (TPSA) is 92.6 Å². The number of anilines is 1. The Morgan fingerprint density at radius 2 is 1.85 bits per heavy atom. The van der Waals surface area contributed by atoms with Gasteiger partial charge < -0.3 is 9.84 Å². The summed E-state index contributed by atoms with van der Waals surface area (Å²) in [5, 5.41) is 11.4. The molecule has 164 valence electrons. The van der Waals surface area contributed by atoms with Crippen LogP contribution in [0.5, 0.6) is 5.75 Å². The number of rotatable bonds is 5. The van der Waals surface area contributed by atoms with Crippen LogP contribution >= 0.6 is 11.3 Å². The highest BCUT2D eigenvalue weighted by Gasteiger charge is 2.48. The number of nitrogens with zero attached hydrogens (tertiary/aromatic N) is 3. The Morgan fingerprint density at radius 3 is 2.58 bits per heavy atom. The molecule has 1 atom stereocenters. The fraction of sp³-hybridized carbons (Fsp3) is 0.120. The van der Waals surface area contributed by atoms with E-state index in [2.05, 4.69) is 9.97 Å². The van der Waals surface area contributed by atoms with Gasteiger partial charge in [0.2, 0.25) is 0 Å². The van der Waals surface area contributed by atoms with Gasteiger partial charge in [-0.3, -0.25) is 19.5 Å². The first kappa shape index (κ1) is 20.8. The van der Waals surface area contributed by atoms with Crippen molar-refractivity contribution in [2.24, 2.45) is 0 Å². The zero-order valence-electron chi connectivity index (χ0n) is 17.6. The van der Waals surface area contributed by atoms with E-state index in [0.717, 1.165) is 4.70 Å². The number of aliphatic hydroxyl groups excluding tert-OH is 1. The molecule has 1 fully saturated rings. The van der Waals surface area contributed by atoms with Crippen LogP contribution in [0.25, 0.3) is 16.0 Å². The van der Waals surface area contributed by atoms with Crippen molar-refractivity contribution in [1.82, 2.24) is 9.97 Å². The molecule has 1 N–H and O–H groups in total. The Balaban J connectivity index is 1.69. The molecule has 1 saturated heterocycles. The third-order valence-electron chi connectivity index (χ3n) is 5.38. The second-order valence-electron chi connectivity index (χ2n) is 7.37. The summed E-state index contributed by atoms with van der Waals surface area (Å²) >= 11 is 1.29. The average Bonchev–Trinajstić information content (AvgIpc) is 3.38. The van der Waals surface area contributed by atoms with Gasteiger partial charge in [0.15, 0.2) is 5.13 Å². The molecule has 0 bridgehead atoms. The Hall–Kier alpha value is -4.04. The number of Topliss-reactive ketones (excluding diaryl/α,β-unsaturated/α-hetero) is 1. The standard InChI is InChI=1S/C25H19N3O4S/c1-2-32-17-8-9-18-19(14-17)33-25(27-18)28-21(15-10-12-26-13-11-15)20(23(30)24(28)31)22(29)16-6-4-3-5-7-16/h3-14,21,29H,2H2,1H3/b22-20+. The van der Waals surface area contributed by atoms with Crippen molar-refractivity contribution in [3.8, 4) is 5.75 Å². The fourth-order valence-electron chi connectivity index (χ4n) is 3.89. The minimum atomic E-state index is -0.833. The number of hydrogen-bond acceptors (Lipinski definition) is 7. The third kappa shape index (κ3) is 3.64. The number of pyridine rings is 1. The number of aromatic nitrogens is 2. The Kier molecular flexibility index (Phi) is 5.35. The fourth-order valence-corrected chi connectivity index (χ4v) is 4.92. The number of fused-ring (bicyclic) bond motifs is 1. The van der Waals surface area contributed by atoms with Crippen molar-refractivity contribution in [3.05, 3.63) is 89.8 Å². The molecule has 1 aliphatic heterocycles. The molecule has 1 amide bonds. The van der Waals surface area contributed by atoms with Crippen LogP contribution in [0.2, 0.25) is 0 Å². The monoisotopic (exact) mass is 457 g/mol. The van der Waals surface area contributed by atoms with E-state index in [0.29, 0.717) is 34.1 Å². The van der Waals surface area contributed by atoms with Gasteiger partial charge in [0.05, 0.1) is 28.4 Å². The maximum absolute atomic E-state index is 13.2. The van der Waals surface area contributed by atoms with Crippen LogP contribution in [0.1, 0.15) is 24.1 Å². The van der Waals surface area contributed by atoms with E-state index in [-0.39, 0.29) is 11.3 Å². The molecule has 0 radical (unpaired) electrons. The number of carbonyl (C=O) groups excluding carboxylic acids is 2. The smallest absolute Gasteiger partial charge is 0.301 e. The van der Waals surface area contributed by atoms with E-state index >= 15 is 0 Å². The van der Waals surface area contributed by atoms with Gasteiger partial charge in [0.25, 0.3) is 5.78 Å². The molecule has 1 aliphatic rings. The van der Waals surface area contributed by atoms with Crippen LogP contribution in [-0.2, 0) is 9.59 Å². The number of ether oxygens (including phenoxy) is 1. The molecule has 2 aromatic carbocycles. The Bertz CT molecular complexity index is 1380. The number of benzene rings is 2. The first-order valence-corrected chi connectivity index (χ1v) is 11.2. The highest BCUT2D eigenvalue weighted by Crippen LogP contribution is 2.44. The van der Waals surface area contributed by atoms with Gasteiger partial charge in [0.1, 0.15) is 11.5 Å². The number of carbonyl (C=O) groups is 2. The molecule has 5 rings (SSSR count). The molecule has 3 heterocycles. The molecular formula is C25H19N3O4S. The summed E-state index contributed by atoms with van der Waals surface area (Å²) in [5.41, 5.74) is 1.82. The second-order valence-corrected chi connectivity index (χ2v) is 8.38. The minimum absolute atomic E-state index is 0.0201. The van der Waals surface area contributed by atoms with E-state index in [1.807, 2.05) is 31.2 Å². The number of amides is 1. The van der Waals surface area contributed by atoms with Crippen LogP contribution in [0.4, 0.5) is 5.13 Å². The Labute approximate surface area is 193 Å².